The molecule has 14 aromatic carbocycles. The number of benzene rings is 14. The minimum absolute atomic E-state index is 0.132. The molecule has 0 saturated heterocycles. The summed E-state index contributed by atoms with van der Waals surface area (Å²) in [6.45, 7) is 8.47. The van der Waals surface area contributed by atoms with Crippen LogP contribution < -0.4 is 9.80 Å². The van der Waals surface area contributed by atoms with Crippen molar-refractivity contribution in [3.05, 3.63) is 289 Å². The highest BCUT2D eigenvalue weighted by Crippen LogP contribution is 2.53. The quantitative estimate of drug-likeness (QED) is 0.133. The molecule has 0 N–H and O–H groups in total. The molecule has 0 heterocycles. The van der Waals surface area contributed by atoms with Gasteiger partial charge in [-0.3, -0.25) is 0 Å². The first-order chi connectivity index (χ1) is 39.6. The third kappa shape index (κ3) is 7.96. The molecule has 0 bridgehead atoms. The molecule has 0 aliphatic carbocycles. The molecule has 0 aromatic heterocycles. The smallest absolute Gasteiger partial charge is 0.0636 e. The van der Waals surface area contributed by atoms with E-state index in [0.29, 0.717) is 16.7 Å². The first-order valence-corrected chi connectivity index (χ1v) is 26.9. The second kappa shape index (κ2) is 19.1. The van der Waals surface area contributed by atoms with Crippen LogP contribution in [-0.2, 0) is 0 Å². The predicted molar refractivity (Wildman–Crippen MR) is 336 cm³/mol. The maximum atomic E-state index is 11.1. The molecule has 78 heavy (non-hydrogen) atoms. The van der Waals surface area contributed by atoms with Crippen molar-refractivity contribution in [2.24, 2.45) is 0 Å². The molecule has 2 heteroatoms. The van der Waals surface area contributed by atoms with E-state index < -0.39 is 0 Å². The third-order valence-corrected chi connectivity index (χ3v) is 15.7. The van der Waals surface area contributed by atoms with E-state index in [1.54, 1.807) is 0 Å². The maximum Gasteiger partial charge on any atom is 0.0636 e. The van der Waals surface area contributed by atoms with Crippen molar-refractivity contribution >= 4 is 98.8 Å². The molecule has 0 aliphatic rings. The summed E-state index contributed by atoms with van der Waals surface area (Å²) in [6.07, 6.45) is 0. The van der Waals surface area contributed by atoms with Crippen LogP contribution >= 0.6 is 0 Å². The molecule has 0 saturated carbocycles. The molecule has 14 rings (SSSR count). The van der Waals surface area contributed by atoms with Crippen LogP contribution in [0.1, 0.15) is 26.4 Å². The zero-order chi connectivity index (χ0) is 55.0. The summed E-state index contributed by atoms with van der Waals surface area (Å²) >= 11 is 0. The number of fused-ring (bicyclic) bond motifs is 6. The molecule has 0 aliphatic heterocycles. The lowest BCUT2D eigenvalue weighted by molar-refractivity contribution is 1.29. The Balaban J connectivity index is 1.16. The Morgan fingerprint density at radius 3 is 0.731 bits per heavy atom. The van der Waals surface area contributed by atoms with Gasteiger partial charge in [0.05, 0.1) is 15.5 Å². The van der Waals surface area contributed by atoms with Gasteiger partial charge in [0.2, 0.25) is 0 Å². The SMILES string of the molecule is [2H]c1c(-c2c3ccccc3cc3ccccc23)c([2H])c(-c2c3ccccc3c(N(c3ccc(C)cc3)c3ccc(C)cc3)c3ccccc23)c([2H])c1-c1c2ccccc2c(N(c2ccc(C)cc2)c2ccc(C)cc2)c2ccccc12. The fourth-order valence-electron chi connectivity index (χ4n) is 11.9. The van der Waals surface area contributed by atoms with Gasteiger partial charge >= 0.3 is 0 Å². The van der Waals surface area contributed by atoms with E-state index in [0.717, 1.165) is 115 Å². The highest BCUT2D eigenvalue weighted by atomic mass is 15.2. The standard InChI is InChI=1S/C76H56N2/c1-49-29-37-58(38-30-49)77(59-39-31-50(2)32-40-59)75-68-25-13-9-21-64(68)73(65-22-10-14-26-69(65)75)56-46-55(72-62-19-7-5-17-53(62)45-54-18-6-8-20-63(54)72)47-57(48-56)74-66-23-11-15-27-70(66)76(71-28-16-12-24-67(71)74)78(60-41-33-51(3)34-42-60)61-43-35-52(4)36-44-61/h5-48H,1-4H3/i46D,47D,48D. The highest BCUT2D eigenvalue weighted by molar-refractivity contribution is 6.25. The molecular weight excluding hydrogens is 941 g/mol. The van der Waals surface area contributed by atoms with Crippen LogP contribution in [0.2, 0.25) is 0 Å². The average Bonchev–Trinajstić information content (AvgIpc) is 3.55. The monoisotopic (exact) mass is 999 g/mol. The summed E-state index contributed by atoms with van der Waals surface area (Å²) < 4.78 is 33.1. The van der Waals surface area contributed by atoms with E-state index >= 15 is 0 Å². The van der Waals surface area contributed by atoms with E-state index in [1.807, 2.05) is 0 Å². The van der Waals surface area contributed by atoms with Crippen LogP contribution in [0, 0.1) is 27.7 Å². The minimum atomic E-state index is 0.132. The largest absolute Gasteiger partial charge is 0.309 e. The maximum absolute atomic E-state index is 11.1. The zero-order valence-electron chi connectivity index (χ0n) is 47.1. The van der Waals surface area contributed by atoms with Gasteiger partial charge in [0, 0.05) is 44.3 Å². The van der Waals surface area contributed by atoms with Gasteiger partial charge in [0.1, 0.15) is 0 Å². The van der Waals surface area contributed by atoms with Gasteiger partial charge in [-0.25, -0.2) is 0 Å². The highest BCUT2D eigenvalue weighted by Gasteiger charge is 2.26. The fourth-order valence-corrected chi connectivity index (χ4v) is 11.9. The van der Waals surface area contributed by atoms with Crippen LogP contribution in [-0.4, -0.2) is 0 Å². The first kappa shape index (κ1) is 43.5. The van der Waals surface area contributed by atoms with Crippen LogP contribution in [0.4, 0.5) is 34.1 Å². The molecule has 14 aromatic rings. The van der Waals surface area contributed by atoms with Gasteiger partial charge in [-0.05, 0) is 177 Å². The molecule has 0 unspecified atom stereocenters. The van der Waals surface area contributed by atoms with Crippen molar-refractivity contribution in [2.45, 2.75) is 27.7 Å². The molecule has 0 amide bonds. The number of nitrogens with zero attached hydrogens (tertiary/aromatic N) is 2. The second-order valence-corrected chi connectivity index (χ2v) is 20.8. The van der Waals surface area contributed by atoms with Gasteiger partial charge in [-0.2, -0.15) is 0 Å². The van der Waals surface area contributed by atoms with Gasteiger partial charge in [0.15, 0.2) is 0 Å². The molecule has 0 atom stereocenters. The number of aryl methyl sites for hydroxylation is 4. The summed E-state index contributed by atoms with van der Waals surface area (Å²) in [4.78, 5) is 4.72. The van der Waals surface area contributed by atoms with E-state index in [2.05, 4.69) is 286 Å². The van der Waals surface area contributed by atoms with Crippen LogP contribution in [0.5, 0.6) is 0 Å². The van der Waals surface area contributed by atoms with Crippen molar-refractivity contribution < 1.29 is 4.11 Å². The van der Waals surface area contributed by atoms with E-state index in [9.17, 15) is 4.11 Å². The lowest BCUT2D eigenvalue weighted by Gasteiger charge is -2.30. The van der Waals surface area contributed by atoms with E-state index in [-0.39, 0.29) is 18.1 Å². The van der Waals surface area contributed by atoms with Crippen molar-refractivity contribution in [3.63, 3.8) is 0 Å². The summed E-state index contributed by atoms with van der Waals surface area (Å²) in [5, 5.41) is 11.5. The van der Waals surface area contributed by atoms with Crippen molar-refractivity contribution in [1.82, 2.24) is 0 Å². The summed E-state index contributed by atoms with van der Waals surface area (Å²) in [7, 11) is 0. The molecule has 0 fully saturated rings. The van der Waals surface area contributed by atoms with Gasteiger partial charge < -0.3 is 9.80 Å². The first-order valence-electron chi connectivity index (χ1n) is 28.4. The Hall–Kier alpha value is -9.76. The minimum Gasteiger partial charge on any atom is -0.309 e. The Kier molecular flexibility index (Phi) is 10.7. The summed E-state index contributed by atoms with van der Waals surface area (Å²) in [5.74, 6) is 0. The van der Waals surface area contributed by atoms with E-state index in [1.165, 1.54) is 22.3 Å². The van der Waals surface area contributed by atoms with Gasteiger partial charge in [-0.15, -0.1) is 0 Å². The van der Waals surface area contributed by atoms with Crippen molar-refractivity contribution in [1.29, 1.82) is 0 Å². The van der Waals surface area contributed by atoms with Crippen molar-refractivity contribution in [2.75, 3.05) is 9.80 Å². The Morgan fingerprint density at radius 2 is 0.462 bits per heavy atom. The van der Waals surface area contributed by atoms with Crippen molar-refractivity contribution in [3.8, 4) is 33.4 Å². The summed E-state index contributed by atoms with van der Waals surface area (Å²) in [5.41, 5.74) is 14.6. The molecule has 0 radical (unpaired) electrons. The Labute approximate surface area is 460 Å². The zero-order valence-corrected chi connectivity index (χ0v) is 44.1. The third-order valence-electron chi connectivity index (χ3n) is 15.7. The Bertz CT molecular complexity index is 4310. The fraction of sp³-hybridized carbons (Fsp3) is 0.0526. The second-order valence-electron chi connectivity index (χ2n) is 20.8. The van der Waals surface area contributed by atoms with Crippen LogP contribution in [0.25, 0.3) is 98.0 Å². The normalized spacial score (nSPS) is 12.1. The summed E-state index contributed by atoms with van der Waals surface area (Å²) in [6, 6.07) is 88.3. The van der Waals surface area contributed by atoms with Gasteiger partial charge in [0.25, 0.3) is 0 Å². The number of anilines is 6. The molecule has 370 valence electrons. The van der Waals surface area contributed by atoms with Gasteiger partial charge in [-0.1, -0.05) is 216 Å². The lowest BCUT2D eigenvalue weighted by Crippen LogP contribution is -2.11. The molecule has 0 spiro atoms. The average molecular weight is 1000 g/mol. The number of hydrogen-bond donors (Lipinski definition) is 0. The van der Waals surface area contributed by atoms with E-state index in [4.69, 9.17) is 0 Å². The molecular formula is C76H56N2. The molecule has 2 nitrogen and oxygen atoms in total. The lowest BCUT2D eigenvalue weighted by atomic mass is 9.83. The number of hydrogen-bond acceptors (Lipinski definition) is 2. The number of rotatable bonds is 9. The Morgan fingerprint density at radius 1 is 0.244 bits per heavy atom. The predicted octanol–water partition coefficient (Wildman–Crippen LogP) is 21.8. The topological polar surface area (TPSA) is 6.48 Å². The van der Waals surface area contributed by atoms with Crippen LogP contribution in [0.3, 0.4) is 0 Å². The van der Waals surface area contributed by atoms with Crippen LogP contribution in [0.15, 0.2) is 267 Å².